The molecule has 0 unspecified atom stereocenters. The molecule has 2 aromatic carbocycles. The number of nitrogens with zero attached hydrogens (tertiary/aromatic N) is 1. The maximum Gasteiger partial charge on any atom is 0.331 e. The zero-order valence-corrected chi connectivity index (χ0v) is 12.8. The third kappa shape index (κ3) is 3.08. The maximum absolute atomic E-state index is 10.9. The smallest absolute Gasteiger partial charge is 0.331 e. The molecule has 0 radical (unpaired) electrons. The lowest BCUT2D eigenvalue weighted by molar-refractivity contribution is -0.140. The minimum Gasteiger partial charge on any atom is -0.497 e. The molecule has 0 N–H and O–H groups in total. The van der Waals surface area contributed by atoms with Crippen LogP contribution in [0.2, 0.25) is 0 Å². The molecule has 0 fully saturated rings. The van der Waals surface area contributed by atoms with E-state index in [2.05, 4.69) is 9.99 Å². The lowest BCUT2D eigenvalue weighted by atomic mass is 10.0. The van der Waals surface area contributed by atoms with Crippen molar-refractivity contribution in [1.29, 1.82) is 0 Å². The molecule has 0 spiro atoms. The first-order chi connectivity index (χ1) is 11.2. The fourth-order valence-electron chi connectivity index (χ4n) is 2.36. The summed E-state index contributed by atoms with van der Waals surface area (Å²) in [6.07, 6.45) is 1.40. The van der Waals surface area contributed by atoms with Crippen molar-refractivity contribution in [3.63, 3.8) is 0 Å². The highest BCUT2D eigenvalue weighted by molar-refractivity contribution is 6.03. The summed E-state index contributed by atoms with van der Waals surface area (Å²) in [5, 5.41) is 4.57. The van der Waals surface area contributed by atoms with Crippen molar-refractivity contribution in [1.82, 2.24) is 0 Å². The molecule has 0 aliphatic carbocycles. The van der Waals surface area contributed by atoms with Crippen molar-refractivity contribution in [2.24, 2.45) is 5.16 Å². The van der Waals surface area contributed by atoms with Crippen LogP contribution in [0.15, 0.2) is 58.1 Å². The Bertz CT molecular complexity index is 865. The Kier molecular flexibility index (Phi) is 4.10. The van der Waals surface area contributed by atoms with Gasteiger partial charge in [0.15, 0.2) is 5.76 Å². The summed E-state index contributed by atoms with van der Waals surface area (Å²) in [6, 6.07) is 15.4. The van der Waals surface area contributed by atoms with Crippen molar-refractivity contribution >= 4 is 23.2 Å². The molecule has 1 aromatic heterocycles. The van der Waals surface area contributed by atoms with E-state index in [1.807, 2.05) is 48.5 Å². The number of oxime groups is 1. The average molecular weight is 309 g/mol. The molecule has 0 atom stereocenters. The molecule has 3 aromatic rings. The van der Waals surface area contributed by atoms with Gasteiger partial charge in [-0.2, -0.15) is 0 Å². The highest BCUT2D eigenvalue weighted by atomic mass is 16.7. The van der Waals surface area contributed by atoms with Crippen molar-refractivity contribution in [2.75, 3.05) is 7.11 Å². The monoisotopic (exact) mass is 309 g/mol. The van der Waals surface area contributed by atoms with Crippen LogP contribution in [0, 0.1) is 0 Å². The first-order valence-electron chi connectivity index (χ1n) is 7.06. The molecule has 5 heteroatoms. The van der Waals surface area contributed by atoms with Crippen LogP contribution in [0.5, 0.6) is 5.75 Å². The number of rotatable bonds is 4. The van der Waals surface area contributed by atoms with E-state index in [0.29, 0.717) is 11.3 Å². The highest BCUT2D eigenvalue weighted by Crippen LogP contribution is 2.36. The van der Waals surface area contributed by atoms with E-state index in [-0.39, 0.29) is 0 Å². The van der Waals surface area contributed by atoms with E-state index in [1.54, 1.807) is 7.11 Å². The Labute approximate surface area is 133 Å². The zero-order chi connectivity index (χ0) is 16.2. The Morgan fingerprint density at radius 2 is 1.96 bits per heavy atom. The molecule has 0 saturated heterocycles. The molecule has 116 valence electrons. The third-order valence-corrected chi connectivity index (χ3v) is 3.34. The zero-order valence-electron chi connectivity index (χ0n) is 12.8. The fourth-order valence-corrected chi connectivity index (χ4v) is 2.36. The van der Waals surface area contributed by atoms with Gasteiger partial charge in [-0.05, 0) is 23.8 Å². The number of hydrogen-bond donors (Lipinski definition) is 0. The number of benzene rings is 2. The molecule has 0 bridgehead atoms. The summed E-state index contributed by atoms with van der Waals surface area (Å²) in [6.45, 7) is 1.29. The van der Waals surface area contributed by atoms with Gasteiger partial charge >= 0.3 is 5.97 Å². The minimum atomic E-state index is -0.486. The second-order valence-electron chi connectivity index (χ2n) is 4.89. The van der Waals surface area contributed by atoms with Gasteiger partial charge in [-0.15, -0.1) is 0 Å². The Morgan fingerprint density at radius 3 is 2.65 bits per heavy atom. The quantitative estimate of drug-likeness (QED) is 0.415. The van der Waals surface area contributed by atoms with Gasteiger partial charge in [0.2, 0.25) is 0 Å². The van der Waals surface area contributed by atoms with E-state index < -0.39 is 5.97 Å². The Balaban J connectivity index is 2.18. The highest BCUT2D eigenvalue weighted by Gasteiger charge is 2.15. The van der Waals surface area contributed by atoms with Gasteiger partial charge < -0.3 is 14.0 Å². The summed E-state index contributed by atoms with van der Waals surface area (Å²) in [4.78, 5) is 15.5. The SMILES string of the molecule is COc1ccc2oc(C=NOC(C)=O)c(-c3ccccc3)c2c1. The van der Waals surface area contributed by atoms with Gasteiger partial charge in [-0.1, -0.05) is 35.5 Å². The number of methoxy groups -OCH3 is 1. The van der Waals surface area contributed by atoms with Crippen LogP contribution in [0.25, 0.3) is 22.1 Å². The Morgan fingerprint density at radius 1 is 1.17 bits per heavy atom. The van der Waals surface area contributed by atoms with Crippen LogP contribution in [0.1, 0.15) is 12.7 Å². The standard InChI is InChI=1S/C18H15NO4/c1-12(20)23-19-11-17-18(13-6-4-3-5-7-13)15-10-14(21-2)8-9-16(15)22-17/h3-11H,1-2H3. The maximum atomic E-state index is 10.9. The summed E-state index contributed by atoms with van der Waals surface area (Å²) in [5.41, 5.74) is 2.55. The number of carbonyl (C=O) groups is 1. The van der Waals surface area contributed by atoms with Gasteiger partial charge in [-0.25, -0.2) is 4.79 Å². The molecule has 0 saturated carbocycles. The second kappa shape index (κ2) is 6.36. The van der Waals surface area contributed by atoms with Gasteiger partial charge in [-0.3, -0.25) is 0 Å². The molecule has 23 heavy (non-hydrogen) atoms. The topological polar surface area (TPSA) is 61.0 Å². The largest absolute Gasteiger partial charge is 0.497 e. The molecule has 0 aliphatic rings. The van der Waals surface area contributed by atoms with Crippen LogP contribution in [-0.2, 0) is 9.63 Å². The minimum absolute atomic E-state index is 0.486. The molecule has 0 amide bonds. The van der Waals surface area contributed by atoms with Crippen LogP contribution in [0.4, 0.5) is 0 Å². The second-order valence-corrected chi connectivity index (χ2v) is 4.89. The molecule has 0 aliphatic heterocycles. The number of ether oxygens (including phenoxy) is 1. The number of fused-ring (bicyclic) bond motifs is 1. The lowest BCUT2D eigenvalue weighted by Crippen LogP contribution is -1.92. The van der Waals surface area contributed by atoms with Crippen LogP contribution < -0.4 is 4.74 Å². The molecular formula is C18H15NO4. The summed E-state index contributed by atoms with van der Waals surface area (Å²) < 4.78 is 11.1. The van der Waals surface area contributed by atoms with Crippen molar-refractivity contribution in [3.05, 3.63) is 54.3 Å². The predicted molar refractivity (Wildman–Crippen MR) is 87.6 cm³/mol. The number of carbonyl (C=O) groups excluding carboxylic acids is 1. The van der Waals surface area contributed by atoms with Gasteiger partial charge in [0, 0.05) is 17.9 Å². The van der Waals surface area contributed by atoms with Crippen molar-refractivity contribution < 1.29 is 18.8 Å². The van der Waals surface area contributed by atoms with E-state index in [9.17, 15) is 4.79 Å². The third-order valence-electron chi connectivity index (χ3n) is 3.34. The predicted octanol–water partition coefficient (Wildman–Crippen LogP) is 4.01. The summed E-state index contributed by atoms with van der Waals surface area (Å²) in [7, 11) is 1.62. The first-order valence-corrected chi connectivity index (χ1v) is 7.06. The van der Waals surface area contributed by atoms with Crippen molar-refractivity contribution in [2.45, 2.75) is 6.92 Å². The van der Waals surface area contributed by atoms with E-state index in [0.717, 1.165) is 22.3 Å². The van der Waals surface area contributed by atoms with Crippen molar-refractivity contribution in [3.8, 4) is 16.9 Å². The first kappa shape index (κ1) is 14.8. The van der Waals surface area contributed by atoms with Gasteiger partial charge in [0.1, 0.15) is 17.5 Å². The lowest BCUT2D eigenvalue weighted by Gasteiger charge is -2.02. The molecule has 1 heterocycles. The normalized spacial score (nSPS) is 11.0. The van der Waals surface area contributed by atoms with Crippen LogP contribution in [-0.4, -0.2) is 19.3 Å². The van der Waals surface area contributed by atoms with Gasteiger partial charge in [0.05, 0.1) is 7.11 Å². The molecule has 5 nitrogen and oxygen atoms in total. The van der Waals surface area contributed by atoms with E-state index >= 15 is 0 Å². The van der Waals surface area contributed by atoms with Crippen LogP contribution >= 0.6 is 0 Å². The number of furan rings is 1. The average Bonchev–Trinajstić information content (AvgIpc) is 2.92. The van der Waals surface area contributed by atoms with E-state index in [4.69, 9.17) is 9.15 Å². The van der Waals surface area contributed by atoms with Gasteiger partial charge in [0.25, 0.3) is 0 Å². The molecular weight excluding hydrogens is 294 g/mol. The summed E-state index contributed by atoms with van der Waals surface area (Å²) >= 11 is 0. The molecule has 3 rings (SSSR count). The van der Waals surface area contributed by atoms with E-state index in [1.165, 1.54) is 13.1 Å². The number of hydrogen-bond acceptors (Lipinski definition) is 5. The summed E-state index contributed by atoms with van der Waals surface area (Å²) in [5.74, 6) is 0.764. The van der Waals surface area contributed by atoms with Crippen LogP contribution in [0.3, 0.4) is 0 Å². The fraction of sp³-hybridized carbons (Fsp3) is 0.111. The Hall–Kier alpha value is -3.08.